The zero-order chi connectivity index (χ0) is 49.4. The number of carbonyl (C=O) groups excluding carboxylic acids is 4. The van der Waals surface area contributed by atoms with Gasteiger partial charge < -0.3 is 29.8 Å². The van der Waals surface area contributed by atoms with Gasteiger partial charge in [0, 0.05) is 160 Å². The average Bonchev–Trinajstić information content (AvgIpc) is 4.16. The molecule has 0 bridgehead atoms. The van der Waals surface area contributed by atoms with Crippen LogP contribution in [0.4, 0.5) is 11.4 Å². The Kier molecular flexibility index (Phi) is 16.0. The molecule has 4 amide bonds. The summed E-state index contributed by atoms with van der Waals surface area (Å²) in [5.41, 5.74) is 7.86. The second-order valence-electron chi connectivity index (χ2n) is 19.1. The van der Waals surface area contributed by atoms with E-state index in [4.69, 9.17) is 0 Å². The number of anilines is 2. The lowest BCUT2D eigenvalue weighted by Gasteiger charge is -2.48. The number of nitrogens with zero attached hydrogens (tertiary/aromatic N) is 9. The van der Waals surface area contributed by atoms with Crippen LogP contribution < -0.4 is 10.2 Å². The Hall–Kier alpha value is -5.98. The normalized spacial score (nSPS) is 18.2. The van der Waals surface area contributed by atoms with Crippen LogP contribution in [0, 0.1) is 0 Å². The van der Waals surface area contributed by atoms with Crippen LogP contribution in [0.3, 0.4) is 0 Å². The number of carbonyl (C=O) groups is 4. The third-order valence-electron chi connectivity index (χ3n) is 14.5. The molecule has 6 aromatic rings. The number of piperazine rings is 2. The number of thiazole rings is 2. The van der Waals surface area contributed by atoms with Crippen LogP contribution >= 0.6 is 38.6 Å². The number of halogens is 1. The summed E-state index contributed by atoms with van der Waals surface area (Å²) in [7, 11) is 0. The monoisotopic (exact) mass is 1070 g/mol. The molecule has 2 aromatic heterocycles. The minimum Gasteiger partial charge on any atom is -0.385 e. The van der Waals surface area contributed by atoms with E-state index in [2.05, 4.69) is 94.4 Å². The lowest BCUT2D eigenvalue weighted by Crippen LogP contribution is -2.64. The van der Waals surface area contributed by atoms with E-state index in [9.17, 15) is 19.2 Å². The Bertz CT molecular complexity index is 2780. The molecule has 374 valence electrons. The molecule has 0 aliphatic carbocycles. The van der Waals surface area contributed by atoms with Gasteiger partial charge in [0.2, 0.25) is 0 Å². The van der Waals surface area contributed by atoms with Crippen molar-refractivity contribution in [2.75, 3.05) is 102 Å². The average molecular weight is 1070 g/mol. The Labute approximate surface area is 438 Å². The number of likely N-dealkylation sites (tertiary alicyclic amines) is 2. The molecule has 4 fully saturated rings. The summed E-state index contributed by atoms with van der Waals surface area (Å²) in [4.78, 5) is 74.2. The SMILES string of the molecule is Brc1ccccc1.O=C(c1ccc2c(c1)CCCN2)N1CC(N2CCN(C(=O)c3nccs3)CC2)C1.O=C(c1ccc2c(c1)CCCN2Cc1ccccc1)N1CC(N2CCN(C(=O)c3nccs3)CC2)C1. The number of hydrogen-bond donors (Lipinski definition) is 1. The van der Waals surface area contributed by atoms with Crippen LogP contribution in [-0.4, -0.2) is 167 Å². The van der Waals surface area contributed by atoms with Gasteiger partial charge in [-0.15, -0.1) is 22.7 Å². The number of hydrogen-bond acceptors (Lipinski definition) is 12. The molecule has 6 aliphatic heterocycles. The van der Waals surface area contributed by atoms with Gasteiger partial charge in [0.25, 0.3) is 23.6 Å². The van der Waals surface area contributed by atoms with E-state index in [0.29, 0.717) is 35.2 Å². The summed E-state index contributed by atoms with van der Waals surface area (Å²) in [5, 5.41) is 8.20. The molecule has 0 unspecified atom stereocenters. The quantitative estimate of drug-likeness (QED) is 0.163. The molecule has 17 heteroatoms. The first-order valence-corrected chi connectivity index (χ1v) is 27.7. The van der Waals surface area contributed by atoms with Crippen molar-refractivity contribution >= 4 is 73.6 Å². The van der Waals surface area contributed by atoms with E-state index < -0.39 is 0 Å². The molecule has 4 aromatic carbocycles. The minimum atomic E-state index is 0.0322. The predicted octanol–water partition coefficient (Wildman–Crippen LogP) is 7.61. The van der Waals surface area contributed by atoms with Gasteiger partial charge in [-0.25, -0.2) is 9.97 Å². The maximum atomic E-state index is 13.2. The third kappa shape index (κ3) is 11.8. The summed E-state index contributed by atoms with van der Waals surface area (Å²) in [6.45, 7) is 12.3. The fourth-order valence-electron chi connectivity index (χ4n) is 10.4. The van der Waals surface area contributed by atoms with E-state index in [-0.39, 0.29) is 23.6 Å². The van der Waals surface area contributed by atoms with Crippen LogP contribution in [0.25, 0.3) is 0 Å². The van der Waals surface area contributed by atoms with Gasteiger partial charge in [-0.05, 0) is 90.9 Å². The molecule has 0 spiro atoms. The highest BCUT2D eigenvalue weighted by Crippen LogP contribution is 2.31. The molecule has 0 atom stereocenters. The fourth-order valence-corrected chi connectivity index (χ4v) is 11.9. The van der Waals surface area contributed by atoms with Gasteiger partial charge in [0.15, 0.2) is 10.0 Å². The summed E-state index contributed by atoms with van der Waals surface area (Å²) in [6.07, 6.45) is 7.64. The number of nitrogens with one attached hydrogen (secondary N) is 1. The van der Waals surface area contributed by atoms with Crippen molar-refractivity contribution in [1.29, 1.82) is 0 Å². The lowest BCUT2D eigenvalue weighted by atomic mass is 9.97. The van der Waals surface area contributed by atoms with Crippen LogP contribution in [0.2, 0.25) is 0 Å². The number of aryl methyl sites for hydroxylation is 2. The molecule has 14 nitrogen and oxygen atoms in total. The molecule has 72 heavy (non-hydrogen) atoms. The second kappa shape index (κ2) is 23.3. The van der Waals surface area contributed by atoms with E-state index in [0.717, 1.165) is 126 Å². The maximum absolute atomic E-state index is 13.2. The van der Waals surface area contributed by atoms with Crippen molar-refractivity contribution in [3.05, 3.63) is 163 Å². The van der Waals surface area contributed by atoms with Gasteiger partial charge >= 0.3 is 0 Å². The van der Waals surface area contributed by atoms with E-state index in [1.807, 2.05) is 78.9 Å². The third-order valence-corrected chi connectivity index (χ3v) is 16.6. The number of amides is 4. The first kappa shape index (κ1) is 49.6. The topological polar surface area (TPSA) is 129 Å². The molecule has 0 radical (unpaired) electrons. The fraction of sp³-hybridized carbons (Fsp3) is 0.382. The van der Waals surface area contributed by atoms with Crippen molar-refractivity contribution in [2.24, 2.45) is 0 Å². The van der Waals surface area contributed by atoms with Crippen molar-refractivity contribution in [1.82, 2.24) is 39.4 Å². The Morgan fingerprint density at radius 1 is 0.556 bits per heavy atom. The largest absolute Gasteiger partial charge is 0.385 e. The first-order chi connectivity index (χ1) is 35.2. The van der Waals surface area contributed by atoms with Gasteiger partial charge in [0.05, 0.1) is 0 Å². The number of rotatable bonds is 8. The molecular weight excluding hydrogens is 1010 g/mol. The molecular formula is C55H61BrN10O4S2. The highest BCUT2D eigenvalue weighted by Gasteiger charge is 2.39. The van der Waals surface area contributed by atoms with Gasteiger partial charge in [-0.1, -0.05) is 64.5 Å². The van der Waals surface area contributed by atoms with Crippen LogP contribution in [0.1, 0.15) is 69.9 Å². The minimum absolute atomic E-state index is 0.0322. The van der Waals surface area contributed by atoms with E-state index >= 15 is 0 Å². The standard InChI is InChI=1S/C28H31N5O2S.C21H25N5O2S.C6H5Br/c34-27(23-8-9-25-22(17-23)7-4-11-32(25)18-21-5-2-1-3-6-21)33-19-24(20-33)30-12-14-31(15-13-30)28(35)26-29-10-16-36-26;27-20(16-3-4-18-15(12-16)2-1-5-22-18)26-13-17(14-26)24-7-9-25(10-8-24)21(28)19-23-6-11-29-19;7-6-4-2-1-3-5-6/h1-3,5-6,8-10,16-17,24H,4,7,11-15,18-20H2;3-4,6,11-12,17,22H,1-2,5,7-10,13-14H2;1-5H. The van der Waals surface area contributed by atoms with Crippen LogP contribution in [-0.2, 0) is 19.4 Å². The zero-order valence-corrected chi connectivity index (χ0v) is 43.7. The van der Waals surface area contributed by atoms with Gasteiger partial charge in [-0.3, -0.25) is 29.0 Å². The Morgan fingerprint density at radius 2 is 1.07 bits per heavy atom. The summed E-state index contributed by atoms with van der Waals surface area (Å²) in [6, 6.07) is 33.6. The number of fused-ring (bicyclic) bond motifs is 2. The van der Waals surface area contributed by atoms with Crippen molar-refractivity contribution in [3.8, 4) is 0 Å². The van der Waals surface area contributed by atoms with Crippen LogP contribution in [0.15, 0.2) is 125 Å². The number of aromatic nitrogens is 2. The van der Waals surface area contributed by atoms with Crippen molar-refractivity contribution < 1.29 is 19.2 Å². The highest BCUT2D eigenvalue weighted by molar-refractivity contribution is 9.10. The van der Waals surface area contributed by atoms with Crippen LogP contribution in [0.5, 0.6) is 0 Å². The second-order valence-corrected chi connectivity index (χ2v) is 21.8. The summed E-state index contributed by atoms with van der Waals surface area (Å²) in [5.74, 6) is 0.329. The molecule has 8 heterocycles. The van der Waals surface area contributed by atoms with Gasteiger partial charge in [-0.2, -0.15) is 0 Å². The van der Waals surface area contributed by atoms with E-state index in [1.54, 1.807) is 12.4 Å². The molecule has 4 saturated heterocycles. The molecule has 12 rings (SSSR count). The Balaban J connectivity index is 0.000000148. The Morgan fingerprint density at radius 3 is 1.58 bits per heavy atom. The maximum Gasteiger partial charge on any atom is 0.282 e. The number of benzene rings is 4. The smallest absolute Gasteiger partial charge is 0.282 e. The van der Waals surface area contributed by atoms with E-state index in [1.165, 1.54) is 50.7 Å². The highest BCUT2D eigenvalue weighted by atomic mass is 79.9. The predicted molar refractivity (Wildman–Crippen MR) is 288 cm³/mol. The van der Waals surface area contributed by atoms with Gasteiger partial charge in [0.1, 0.15) is 0 Å². The molecule has 1 N–H and O–H groups in total. The molecule has 0 saturated carbocycles. The molecule has 6 aliphatic rings. The zero-order valence-electron chi connectivity index (χ0n) is 40.5. The lowest BCUT2D eigenvalue weighted by molar-refractivity contribution is 0.00806. The summed E-state index contributed by atoms with van der Waals surface area (Å²) < 4.78 is 1.13. The van der Waals surface area contributed by atoms with Crippen molar-refractivity contribution in [3.63, 3.8) is 0 Å². The summed E-state index contributed by atoms with van der Waals surface area (Å²) >= 11 is 6.10. The first-order valence-electron chi connectivity index (χ1n) is 25.2. The van der Waals surface area contributed by atoms with Crippen molar-refractivity contribution in [2.45, 2.75) is 44.3 Å².